The van der Waals surface area contributed by atoms with Crippen LogP contribution in [-0.4, -0.2) is 30.6 Å². The molecular weight excluding hydrogens is 296 g/mol. The molecule has 118 valence electrons. The average Bonchev–Trinajstić information content (AvgIpc) is 3.09. The van der Waals surface area contributed by atoms with Crippen LogP contribution in [0.4, 0.5) is 5.69 Å². The van der Waals surface area contributed by atoms with Crippen molar-refractivity contribution in [1.29, 1.82) is 0 Å². The second kappa shape index (κ2) is 5.99. The normalized spacial score (nSPS) is 10.7. The Hall–Kier alpha value is -3.03. The summed E-state index contributed by atoms with van der Waals surface area (Å²) in [5, 5.41) is 6.60. The molecule has 8 nitrogen and oxygen atoms in total. The van der Waals surface area contributed by atoms with Gasteiger partial charge in [-0.3, -0.25) is 9.36 Å². The van der Waals surface area contributed by atoms with Gasteiger partial charge < -0.3 is 9.84 Å². The van der Waals surface area contributed by atoms with Crippen LogP contribution in [0.3, 0.4) is 0 Å². The lowest BCUT2D eigenvalue weighted by atomic mass is 10.1. The molecule has 3 aromatic heterocycles. The summed E-state index contributed by atoms with van der Waals surface area (Å²) in [7, 11) is 0. The molecule has 0 bridgehead atoms. The maximum Gasteiger partial charge on any atom is 0.235 e. The molecule has 23 heavy (non-hydrogen) atoms. The van der Waals surface area contributed by atoms with Crippen LogP contribution in [-0.2, 0) is 11.2 Å². The van der Waals surface area contributed by atoms with E-state index in [-0.39, 0.29) is 12.3 Å². The van der Waals surface area contributed by atoms with Gasteiger partial charge in [0, 0.05) is 18.0 Å². The van der Waals surface area contributed by atoms with Gasteiger partial charge in [-0.25, -0.2) is 15.0 Å². The highest BCUT2D eigenvalue weighted by Gasteiger charge is 2.14. The summed E-state index contributed by atoms with van der Waals surface area (Å²) >= 11 is 0. The Balaban J connectivity index is 1.69. The van der Waals surface area contributed by atoms with Crippen molar-refractivity contribution in [1.82, 2.24) is 24.7 Å². The van der Waals surface area contributed by atoms with Crippen LogP contribution in [0, 0.1) is 20.8 Å². The third-order valence-electron chi connectivity index (χ3n) is 3.48. The maximum absolute atomic E-state index is 12.1. The van der Waals surface area contributed by atoms with Crippen molar-refractivity contribution in [3.8, 4) is 5.95 Å². The minimum Gasteiger partial charge on any atom is -0.361 e. The zero-order valence-corrected chi connectivity index (χ0v) is 13.1. The molecule has 1 N–H and O–H groups in total. The summed E-state index contributed by atoms with van der Waals surface area (Å²) < 4.78 is 6.81. The quantitative estimate of drug-likeness (QED) is 0.788. The predicted octanol–water partition coefficient (Wildman–Crippen LogP) is 1.76. The van der Waals surface area contributed by atoms with E-state index in [1.807, 2.05) is 13.8 Å². The number of amides is 1. The molecule has 0 atom stereocenters. The highest BCUT2D eigenvalue weighted by Crippen LogP contribution is 2.14. The first-order valence-corrected chi connectivity index (χ1v) is 7.08. The molecule has 0 unspecified atom stereocenters. The predicted molar refractivity (Wildman–Crippen MR) is 82.2 cm³/mol. The first kappa shape index (κ1) is 14.9. The van der Waals surface area contributed by atoms with Crippen molar-refractivity contribution >= 4 is 11.6 Å². The topological polar surface area (TPSA) is 98.7 Å². The number of carbonyl (C=O) groups is 1. The molecule has 0 aliphatic carbocycles. The van der Waals surface area contributed by atoms with Gasteiger partial charge in [-0.1, -0.05) is 5.16 Å². The number of carbonyl (C=O) groups excluding carboxylic acids is 1. The van der Waals surface area contributed by atoms with E-state index < -0.39 is 0 Å². The van der Waals surface area contributed by atoms with E-state index in [2.05, 4.69) is 25.4 Å². The van der Waals surface area contributed by atoms with Crippen molar-refractivity contribution in [2.75, 3.05) is 5.32 Å². The maximum atomic E-state index is 12.1. The summed E-state index contributed by atoms with van der Waals surface area (Å²) in [6, 6.07) is 0. The SMILES string of the molecule is Cc1noc(C)c1CC(=O)Nc1cnc(-n2ccnc2C)nc1. The second-order valence-electron chi connectivity index (χ2n) is 5.14. The Bertz CT molecular complexity index is 815. The Morgan fingerprint density at radius 3 is 2.52 bits per heavy atom. The van der Waals surface area contributed by atoms with Gasteiger partial charge in [0.25, 0.3) is 0 Å². The number of nitrogens with one attached hydrogen (secondary N) is 1. The Morgan fingerprint density at radius 1 is 1.22 bits per heavy atom. The molecule has 0 saturated carbocycles. The fraction of sp³-hybridized carbons (Fsp3) is 0.267. The number of hydrogen-bond donors (Lipinski definition) is 1. The van der Waals surface area contributed by atoms with Gasteiger partial charge in [0.05, 0.1) is 30.2 Å². The smallest absolute Gasteiger partial charge is 0.235 e. The van der Waals surface area contributed by atoms with E-state index in [1.165, 1.54) is 0 Å². The van der Waals surface area contributed by atoms with Crippen LogP contribution in [0.15, 0.2) is 29.3 Å². The number of hydrogen-bond acceptors (Lipinski definition) is 6. The number of imidazole rings is 1. The summed E-state index contributed by atoms with van der Waals surface area (Å²) in [5.74, 6) is 1.78. The highest BCUT2D eigenvalue weighted by molar-refractivity contribution is 5.92. The van der Waals surface area contributed by atoms with Crippen LogP contribution in [0.25, 0.3) is 5.95 Å². The summed E-state index contributed by atoms with van der Waals surface area (Å²) in [4.78, 5) is 24.7. The van der Waals surface area contributed by atoms with E-state index in [9.17, 15) is 4.79 Å². The van der Waals surface area contributed by atoms with Gasteiger partial charge in [0.2, 0.25) is 11.9 Å². The standard InChI is InChI=1S/C15H16N6O2/c1-9-13(10(2)23-20-9)6-14(22)19-12-7-17-15(18-8-12)21-5-4-16-11(21)3/h4-5,7-8H,6H2,1-3H3,(H,19,22). The monoisotopic (exact) mass is 312 g/mol. The van der Waals surface area contributed by atoms with Crippen molar-refractivity contribution in [2.24, 2.45) is 0 Å². The largest absolute Gasteiger partial charge is 0.361 e. The van der Waals surface area contributed by atoms with Crippen molar-refractivity contribution in [3.05, 3.63) is 47.6 Å². The van der Waals surface area contributed by atoms with E-state index in [1.54, 1.807) is 36.3 Å². The minimum atomic E-state index is -0.172. The zero-order valence-electron chi connectivity index (χ0n) is 13.1. The molecule has 3 heterocycles. The third kappa shape index (κ3) is 3.10. The number of rotatable bonds is 4. The Kier molecular flexibility index (Phi) is 3.88. The lowest BCUT2D eigenvalue weighted by molar-refractivity contribution is -0.115. The van der Waals surface area contributed by atoms with E-state index in [4.69, 9.17) is 4.52 Å². The van der Waals surface area contributed by atoms with Gasteiger partial charge in [0.15, 0.2) is 0 Å². The van der Waals surface area contributed by atoms with Crippen LogP contribution < -0.4 is 5.32 Å². The number of nitrogens with zero attached hydrogens (tertiary/aromatic N) is 5. The van der Waals surface area contributed by atoms with Crippen LogP contribution in [0.1, 0.15) is 22.8 Å². The van der Waals surface area contributed by atoms with Gasteiger partial charge in [-0.2, -0.15) is 0 Å². The van der Waals surface area contributed by atoms with Gasteiger partial charge in [-0.15, -0.1) is 0 Å². The van der Waals surface area contributed by atoms with Gasteiger partial charge in [-0.05, 0) is 20.8 Å². The summed E-state index contributed by atoms with van der Waals surface area (Å²) in [5.41, 5.74) is 2.05. The molecule has 0 saturated heterocycles. The molecule has 1 amide bonds. The Morgan fingerprint density at radius 2 is 1.96 bits per heavy atom. The molecule has 0 radical (unpaired) electrons. The van der Waals surface area contributed by atoms with Crippen LogP contribution in [0.5, 0.6) is 0 Å². The molecule has 0 aliphatic rings. The molecule has 0 fully saturated rings. The van der Waals surface area contributed by atoms with Crippen LogP contribution >= 0.6 is 0 Å². The molecule has 3 aromatic rings. The fourth-order valence-electron chi connectivity index (χ4n) is 2.22. The fourth-order valence-corrected chi connectivity index (χ4v) is 2.22. The molecular formula is C15H16N6O2. The number of aryl methyl sites for hydroxylation is 3. The third-order valence-corrected chi connectivity index (χ3v) is 3.48. The molecule has 3 rings (SSSR count). The molecule has 0 spiro atoms. The first-order chi connectivity index (χ1) is 11.0. The Labute approximate surface area is 132 Å². The number of aromatic nitrogens is 5. The van der Waals surface area contributed by atoms with E-state index in [0.717, 1.165) is 17.1 Å². The molecule has 0 aliphatic heterocycles. The summed E-state index contributed by atoms with van der Waals surface area (Å²) in [6.45, 7) is 5.46. The number of anilines is 1. The second-order valence-corrected chi connectivity index (χ2v) is 5.14. The minimum absolute atomic E-state index is 0.172. The van der Waals surface area contributed by atoms with E-state index in [0.29, 0.717) is 17.4 Å². The zero-order chi connectivity index (χ0) is 16.4. The summed E-state index contributed by atoms with van der Waals surface area (Å²) in [6.07, 6.45) is 6.78. The van der Waals surface area contributed by atoms with Crippen molar-refractivity contribution in [3.63, 3.8) is 0 Å². The molecule has 0 aromatic carbocycles. The average molecular weight is 312 g/mol. The lowest BCUT2D eigenvalue weighted by Gasteiger charge is -2.06. The highest BCUT2D eigenvalue weighted by atomic mass is 16.5. The van der Waals surface area contributed by atoms with E-state index >= 15 is 0 Å². The lowest BCUT2D eigenvalue weighted by Crippen LogP contribution is -2.16. The van der Waals surface area contributed by atoms with Crippen LogP contribution in [0.2, 0.25) is 0 Å². The van der Waals surface area contributed by atoms with Crippen molar-refractivity contribution in [2.45, 2.75) is 27.2 Å². The van der Waals surface area contributed by atoms with Crippen molar-refractivity contribution < 1.29 is 9.32 Å². The first-order valence-electron chi connectivity index (χ1n) is 7.08. The molecule has 8 heteroatoms. The van der Waals surface area contributed by atoms with Gasteiger partial charge in [0.1, 0.15) is 11.6 Å². The van der Waals surface area contributed by atoms with Gasteiger partial charge >= 0.3 is 0 Å².